The van der Waals surface area contributed by atoms with E-state index < -0.39 is 0 Å². The maximum Gasteiger partial charge on any atom is 0.0386 e. The minimum Gasteiger partial charge on any atom is -0.308 e. The molecule has 3 nitrogen and oxygen atoms in total. The van der Waals surface area contributed by atoms with Gasteiger partial charge in [-0.15, -0.1) is 11.3 Å². The largest absolute Gasteiger partial charge is 0.308 e. The van der Waals surface area contributed by atoms with E-state index in [2.05, 4.69) is 46.6 Å². The first-order valence-corrected chi connectivity index (χ1v) is 9.31. The quantitative estimate of drug-likeness (QED) is 0.902. The van der Waals surface area contributed by atoms with Crippen molar-refractivity contribution in [3.8, 4) is 0 Å². The Morgan fingerprint density at radius 2 is 2.29 bits per heavy atom. The van der Waals surface area contributed by atoms with Crippen LogP contribution in [0.2, 0.25) is 0 Å². The Bertz CT molecular complexity index is 420. The first-order valence-electron chi connectivity index (χ1n) is 8.43. The normalized spacial score (nSPS) is 29.2. The van der Waals surface area contributed by atoms with E-state index in [1.165, 1.54) is 50.3 Å². The summed E-state index contributed by atoms with van der Waals surface area (Å²) < 4.78 is 0. The molecule has 3 heterocycles. The van der Waals surface area contributed by atoms with Gasteiger partial charge in [0, 0.05) is 36.6 Å². The first kappa shape index (κ1) is 15.5. The van der Waals surface area contributed by atoms with Crippen molar-refractivity contribution in [2.24, 2.45) is 5.92 Å². The van der Waals surface area contributed by atoms with Crippen LogP contribution in [0.5, 0.6) is 0 Å². The number of hydrogen-bond donors (Lipinski definition) is 1. The fourth-order valence-corrected chi connectivity index (χ4v) is 4.77. The lowest BCUT2D eigenvalue weighted by Gasteiger charge is -2.46. The number of fused-ring (bicyclic) bond motifs is 1. The second-order valence-electron chi connectivity index (χ2n) is 6.73. The molecule has 3 unspecified atom stereocenters. The van der Waals surface area contributed by atoms with E-state index in [4.69, 9.17) is 0 Å². The maximum absolute atomic E-state index is 3.67. The third-order valence-corrected chi connectivity index (χ3v) is 6.33. The van der Waals surface area contributed by atoms with Gasteiger partial charge in [0.25, 0.3) is 0 Å². The zero-order valence-corrected chi connectivity index (χ0v) is 14.2. The van der Waals surface area contributed by atoms with Crippen molar-refractivity contribution >= 4 is 11.3 Å². The van der Waals surface area contributed by atoms with Crippen molar-refractivity contribution in [1.29, 1.82) is 0 Å². The molecule has 3 atom stereocenters. The first-order chi connectivity index (χ1) is 10.2. The van der Waals surface area contributed by atoms with Crippen LogP contribution in [0.25, 0.3) is 0 Å². The molecule has 1 aromatic heterocycles. The minimum absolute atomic E-state index is 0.489. The summed E-state index contributed by atoms with van der Waals surface area (Å²) in [6.45, 7) is 8.47. The van der Waals surface area contributed by atoms with Crippen LogP contribution in [0.15, 0.2) is 17.5 Å². The Morgan fingerprint density at radius 3 is 3.10 bits per heavy atom. The van der Waals surface area contributed by atoms with Crippen LogP contribution in [-0.4, -0.2) is 55.6 Å². The van der Waals surface area contributed by atoms with Gasteiger partial charge in [-0.3, -0.25) is 0 Å². The summed E-state index contributed by atoms with van der Waals surface area (Å²) in [5, 5.41) is 5.84. The number of hydrogen-bond acceptors (Lipinski definition) is 4. The molecule has 118 valence electrons. The van der Waals surface area contributed by atoms with Crippen molar-refractivity contribution in [2.45, 2.75) is 38.3 Å². The summed E-state index contributed by atoms with van der Waals surface area (Å²) in [5.74, 6) is 0.909. The van der Waals surface area contributed by atoms with Crippen LogP contribution in [0.3, 0.4) is 0 Å². The number of nitrogens with zero attached hydrogens (tertiary/aromatic N) is 2. The number of likely N-dealkylation sites (tertiary alicyclic amines) is 2. The van der Waals surface area contributed by atoms with E-state index in [1.54, 1.807) is 0 Å². The molecule has 21 heavy (non-hydrogen) atoms. The second-order valence-corrected chi connectivity index (χ2v) is 7.71. The minimum atomic E-state index is 0.489. The lowest BCUT2D eigenvalue weighted by molar-refractivity contribution is 0.0389. The average molecular weight is 308 g/mol. The highest BCUT2D eigenvalue weighted by atomic mass is 32.1. The molecule has 0 aromatic carbocycles. The third kappa shape index (κ3) is 3.86. The zero-order chi connectivity index (χ0) is 14.7. The van der Waals surface area contributed by atoms with Gasteiger partial charge in [0.05, 0.1) is 0 Å². The number of nitrogens with one attached hydrogen (secondary N) is 1. The van der Waals surface area contributed by atoms with Gasteiger partial charge in [-0.25, -0.2) is 0 Å². The van der Waals surface area contributed by atoms with Gasteiger partial charge in [0.1, 0.15) is 0 Å². The highest BCUT2D eigenvalue weighted by Crippen LogP contribution is 2.29. The van der Waals surface area contributed by atoms with E-state index in [9.17, 15) is 0 Å². The molecule has 0 radical (unpaired) electrons. The van der Waals surface area contributed by atoms with Crippen molar-refractivity contribution in [1.82, 2.24) is 15.1 Å². The molecule has 2 saturated heterocycles. The molecule has 2 aliphatic rings. The lowest BCUT2D eigenvalue weighted by Crippen LogP contribution is -2.53. The van der Waals surface area contributed by atoms with Crippen LogP contribution in [0, 0.1) is 5.92 Å². The van der Waals surface area contributed by atoms with Crippen LogP contribution >= 0.6 is 11.3 Å². The SMILES string of the molecule is CC(NCCN1CCC2C(CCCN2C)C1)c1cccs1. The molecule has 0 aliphatic carbocycles. The molecule has 4 heteroatoms. The van der Waals surface area contributed by atoms with Gasteiger partial charge in [0.2, 0.25) is 0 Å². The summed E-state index contributed by atoms with van der Waals surface area (Å²) >= 11 is 1.85. The van der Waals surface area contributed by atoms with Crippen LogP contribution in [-0.2, 0) is 0 Å². The maximum atomic E-state index is 3.67. The van der Waals surface area contributed by atoms with E-state index in [0.29, 0.717) is 6.04 Å². The monoisotopic (exact) mass is 307 g/mol. The van der Waals surface area contributed by atoms with Crippen LogP contribution in [0.1, 0.15) is 37.1 Å². The van der Waals surface area contributed by atoms with Crippen molar-refractivity contribution in [2.75, 3.05) is 39.8 Å². The van der Waals surface area contributed by atoms with E-state index >= 15 is 0 Å². The van der Waals surface area contributed by atoms with Gasteiger partial charge in [-0.2, -0.15) is 0 Å². The molecule has 0 spiro atoms. The number of thiophene rings is 1. The Balaban J connectivity index is 1.40. The fourth-order valence-electron chi connectivity index (χ4n) is 4.01. The Kier molecular flexibility index (Phi) is 5.33. The summed E-state index contributed by atoms with van der Waals surface area (Å²) in [5.41, 5.74) is 0. The van der Waals surface area contributed by atoms with Crippen LogP contribution < -0.4 is 5.32 Å². The number of piperidine rings is 2. The molecule has 0 saturated carbocycles. The molecule has 1 aromatic rings. The van der Waals surface area contributed by atoms with Gasteiger partial charge < -0.3 is 15.1 Å². The molecular weight excluding hydrogens is 278 g/mol. The van der Waals surface area contributed by atoms with Gasteiger partial charge in [-0.05, 0) is 63.7 Å². The highest BCUT2D eigenvalue weighted by Gasteiger charge is 2.33. The number of rotatable bonds is 5. The van der Waals surface area contributed by atoms with Gasteiger partial charge in [-0.1, -0.05) is 6.07 Å². The average Bonchev–Trinajstić information content (AvgIpc) is 3.01. The highest BCUT2D eigenvalue weighted by molar-refractivity contribution is 7.10. The Morgan fingerprint density at radius 1 is 1.38 bits per heavy atom. The summed E-state index contributed by atoms with van der Waals surface area (Å²) in [7, 11) is 2.32. The lowest BCUT2D eigenvalue weighted by atomic mass is 9.84. The van der Waals surface area contributed by atoms with Crippen molar-refractivity contribution in [3.63, 3.8) is 0 Å². The third-order valence-electron chi connectivity index (χ3n) is 5.28. The summed E-state index contributed by atoms with van der Waals surface area (Å²) in [6.07, 6.45) is 4.19. The van der Waals surface area contributed by atoms with E-state index in [0.717, 1.165) is 18.5 Å². The molecule has 3 rings (SSSR count). The van der Waals surface area contributed by atoms with Crippen molar-refractivity contribution < 1.29 is 0 Å². The van der Waals surface area contributed by atoms with Gasteiger partial charge >= 0.3 is 0 Å². The molecular formula is C17H29N3S. The topological polar surface area (TPSA) is 18.5 Å². The predicted octanol–water partition coefficient (Wildman–Crippen LogP) is 2.81. The molecule has 2 fully saturated rings. The molecule has 1 N–H and O–H groups in total. The standard InChI is InChI=1S/C17H29N3S/c1-14(17-6-4-12-21-17)18-8-11-20-10-7-16-15(13-20)5-3-9-19(16)2/h4,6,12,14-16,18H,3,5,7-11,13H2,1-2H3. The Labute approximate surface area is 133 Å². The van der Waals surface area contributed by atoms with Crippen molar-refractivity contribution in [3.05, 3.63) is 22.4 Å². The molecule has 2 aliphatic heterocycles. The van der Waals surface area contributed by atoms with Crippen LogP contribution in [0.4, 0.5) is 0 Å². The smallest absolute Gasteiger partial charge is 0.0386 e. The second kappa shape index (κ2) is 7.23. The van der Waals surface area contributed by atoms with E-state index in [-0.39, 0.29) is 0 Å². The molecule has 0 bridgehead atoms. The fraction of sp³-hybridized carbons (Fsp3) is 0.765. The zero-order valence-electron chi connectivity index (χ0n) is 13.4. The Hall–Kier alpha value is -0.420. The summed E-state index contributed by atoms with van der Waals surface area (Å²) in [4.78, 5) is 6.72. The van der Waals surface area contributed by atoms with Gasteiger partial charge in [0.15, 0.2) is 0 Å². The molecule has 0 amide bonds. The summed E-state index contributed by atoms with van der Waals surface area (Å²) in [6, 6.07) is 5.71. The predicted molar refractivity (Wildman–Crippen MR) is 90.9 cm³/mol. The van der Waals surface area contributed by atoms with E-state index in [1.807, 2.05) is 11.3 Å².